The molecule has 19 heavy (non-hydrogen) atoms. The molecule has 0 fully saturated rings. The van der Waals surface area contributed by atoms with E-state index >= 15 is 0 Å². The van der Waals surface area contributed by atoms with Crippen molar-refractivity contribution in [2.24, 2.45) is 5.16 Å². The van der Waals surface area contributed by atoms with E-state index in [1.165, 1.54) is 18.9 Å². The minimum absolute atomic E-state index is 0.599. The van der Waals surface area contributed by atoms with E-state index in [0.29, 0.717) is 5.57 Å². The van der Waals surface area contributed by atoms with Crippen molar-refractivity contribution >= 4 is 22.4 Å². The number of nitriles is 1. The normalized spacial score (nSPS) is 18.3. The van der Waals surface area contributed by atoms with Gasteiger partial charge in [0.1, 0.15) is 24.0 Å². The third kappa shape index (κ3) is 2.98. The lowest BCUT2D eigenvalue weighted by molar-refractivity contribution is 0.215. The number of rotatable bonds is 3. The predicted octanol–water partition coefficient (Wildman–Crippen LogP) is 3.19. The Morgan fingerprint density at radius 1 is 1.32 bits per heavy atom. The second-order valence-corrected chi connectivity index (χ2v) is 4.69. The van der Waals surface area contributed by atoms with E-state index in [-0.39, 0.29) is 0 Å². The van der Waals surface area contributed by atoms with Crippen LogP contribution in [0.15, 0.2) is 46.5 Å². The second kappa shape index (κ2) is 6.12. The summed E-state index contributed by atoms with van der Waals surface area (Å²) in [5.74, 6) is 0.726. The van der Waals surface area contributed by atoms with Crippen molar-refractivity contribution in [1.29, 1.82) is 5.26 Å². The molecule has 0 atom stereocenters. The van der Waals surface area contributed by atoms with Crippen molar-refractivity contribution in [3.05, 3.63) is 46.9 Å². The topological polar surface area (TPSA) is 54.6 Å². The summed E-state index contributed by atoms with van der Waals surface area (Å²) in [5, 5.41) is 13.9. The number of ether oxygens (including phenoxy) is 1. The predicted molar refractivity (Wildman–Crippen MR) is 76.7 cm³/mol. The zero-order chi connectivity index (χ0) is 13.7. The molecule has 1 aliphatic heterocycles. The Bertz CT molecular complexity index is 612. The summed E-state index contributed by atoms with van der Waals surface area (Å²) < 4.78 is 5.17. The van der Waals surface area contributed by atoms with Gasteiger partial charge in [-0.25, -0.2) is 0 Å². The Balaban J connectivity index is 2.39. The molecule has 5 heteroatoms. The Morgan fingerprint density at radius 2 is 2.16 bits per heavy atom. The summed E-state index contributed by atoms with van der Waals surface area (Å²) in [7, 11) is 3.10. The van der Waals surface area contributed by atoms with Gasteiger partial charge in [0.05, 0.1) is 12.7 Å². The molecular formula is C14H12N2O2S. The SMILES string of the molecule is CON=C1C=CC(=C(C#N)c2cccc(OC)c2)S1. The van der Waals surface area contributed by atoms with Crippen LogP contribution in [0, 0.1) is 11.3 Å². The van der Waals surface area contributed by atoms with Crippen LogP contribution in [0.4, 0.5) is 0 Å². The molecule has 0 N–H and O–H groups in total. The van der Waals surface area contributed by atoms with Crippen molar-refractivity contribution in [2.75, 3.05) is 14.2 Å². The lowest BCUT2D eigenvalue weighted by Gasteiger charge is -2.05. The number of methoxy groups -OCH3 is 1. The summed E-state index contributed by atoms with van der Waals surface area (Å²) in [6, 6.07) is 9.66. The standard InChI is InChI=1S/C14H12N2O2S/c1-17-11-5-3-4-10(8-11)12(9-15)13-6-7-14(19-13)16-18-2/h3-8H,1-2H3. The van der Waals surface area contributed by atoms with Crippen molar-refractivity contribution in [2.45, 2.75) is 0 Å². The van der Waals surface area contributed by atoms with E-state index < -0.39 is 0 Å². The fourth-order valence-corrected chi connectivity index (χ4v) is 2.52. The minimum atomic E-state index is 0.599. The zero-order valence-corrected chi connectivity index (χ0v) is 11.4. The maximum absolute atomic E-state index is 9.35. The molecule has 0 unspecified atom stereocenters. The molecule has 1 heterocycles. The third-order valence-corrected chi connectivity index (χ3v) is 3.47. The van der Waals surface area contributed by atoms with Gasteiger partial charge in [0.15, 0.2) is 0 Å². The van der Waals surface area contributed by atoms with Gasteiger partial charge in [-0.15, -0.1) is 0 Å². The fraction of sp³-hybridized carbons (Fsp3) is 0.143. The number of hydrogen-bond donors (Lipinski definition) is 0. The van der Waals surface area contributed by atoms with Crippen LogP contribution < -0.4 is 4.74 Å². The van der Waals surface area contributed by atoms with Crippen molar-refractivity contribution in [3.8, 4) is 11.8 Å². The van der Waals surface area contributed by atoms with Crippen LogP contribution in [0.2, 0.25) is 0 Å². The first kappa shape index (κ1) is 13.2. The van der Waals surface area contributed by atoms with E-state index in [9.17, 15) is 5.26 Å². The highest BCUT2D eigenvalue weighted by molar-refractivity contribution is 8.18. The summed E-state index contributed by atoms with van der Waals surface area (Å²) in [6.45, 7) is 0. The van der Waals surface area contributed by atoms with Crippen molar-refractivity contribution in [3.63, 3.8) is 0 Å². The highest BCUT2D eigenvalue weighted by Gasteiger charge is 2.15. The molecule has 0 amide bonds. The Kier molecular flexibility index (Phi) is 4.26. The van der Waals surface area contributed by atoms with Crippen LogP contribution in [-0.2, 0) is 4.84 Å². The van der Waals surface area contributed by atoms with Gasteiger partial charge in [0, 0.05) is 4.91 Å². The van der Waals surface area contributed by atoms with Crippen LogP contribution >= 0.6 is 11.8 Å². The lowest BCUT2D eigenvalue weighted by atomic mass is 10.1. The third-order valence-electron chi connectivity index (χ3n) is 2.49. The molecule has 0 saturated carbocycles. The van der Waals surface area contributed by atoms with Crippen LogP contribution in [0.25, 0.3) is 5.57 Å². The van der Waals surface area contributed by atoms with E-state index in [0.717, 1.165) is 21.3 Å². The van der Waals surface area contributed by atoms with Gasteiger partial charge in [0.2, 0.25) is 0 Å². The van der Waals surface area contributed by atoms with Crippen LogP contribution in [-0.4, -0.2) is 19.3 Å². The summed E-state index contributed by atoms with van der Waals surface area (Å²) in [6.07, 6.45) is 3.68. The monoisotopic (exact) mass is 272 g/mol. The molecule has 1 aromatic rings. The Labute approximate surface area is 116 Å². The maximum Gasteiger partial charge on any atom is 0.140 e. The van der Waals surface area contributed by atoms with Gasteiger partial charge in [-0.2, -0.15) is 5.26 Å². The molecule has 0 saturated heterocycles. The number of oxime groups is 1. The molecule has 1 aliphatic rings. The highest BCUT2D eigenvalue weighted by atomic mass is 32.2. The largest absolute Gasteiger partial charge is 0.497 e. The van der Waals surface area contributed by atoms with Gasteiger partial charge in [-0.1, -0.05) is 29.1 Å². The molecule has 0 aromatic heterocycles. The summed E-state index contributed by atoms with van der Waals surface area (Å²) in [5.41, 5.74) is 1.43. The zero-order valence-electron chi connectivity index (χ0n) is 10.6. The quantitative estimate of drug-likeness (QED) is 0.626. The molecule has 1 aromatic carbocycles. The van der Waals surface area contributed by atoms with Gasteiger partial charge in [-0.3, -0.25) is 0 Å². The molecule has 4 nitrogen and oxygen atoms in total. The van der Waals surface area contributed by atoms with E-state index in [1.807, 2.05) is 36.4 Å². The molecule has 0 bridgehead atoms. The molecule has 0 spiro atoms. The average Bonchev–Trinajstić information content (AvgIpc) is 2.89. The van der Waals surface area contributed by atoms with Gasteiger partial charge in [-0.05, 0) is 29.8 Å². The highest BCUT2D eigenvalue weighted by Crippen LogP contribution is 2.34. The van der Waals surface area contributed by atoms with Gasteiger partial charge < -0.3 is 9.57 Å². The molecule has 96 valence electrons. The van der Waals surface area contributed by atoms with E-state index in [2.05, 4.69) is 11.2 Å². The smallest absolute Gasteiger partial charge is 0.140 e. The maximum atomic E-state index is 9.35. The number of thioether (sulfide) groups is 1. The summed E-state index contributed by atoms with van der Waals surface area (Å²) in [4.78, 5) is 5.57. The minimum Gasteiger partial charge on any atom is -0.497 e. The number of nitrogens with zero attached hydrogens (tertiary/aromatic N) is 2. The lowest BCUT2D eigenvalue weighted by Crippen LogP contribution is -1.88. The van der Waals surface area contributed by atoms with Crippen molar-refractivity contribution < 1.29 is 9.57 Å². The van der Waals surface area contributed by atoms with Crippen LogP contribution in [0.3, 0.4) is 0 Å². The van der Waals surface area contributed by atoms with Crippen molar-refractivity contribution in [1.82, 2.24) is 0 Å². The number of hydrogen-bond acceptors (Lipinski definition) is 5. The molecule has 0 aliphatic carbocycles. The fourth-order valence-electron chi connectivity index (χ4n) is 1.64. The summed E-state index contributed by atoms with van der Waals surface area (Å²) >= 11 is 1.41. The molecule has 0 radical (unpaired) electrons. The number of allylic oxidation sites excluding steroid dienone is 2. The molecule has 2 rings (SSSR count). The Morgan fingerprint density at radius 3 is 2.84 bits per heavy atom. The van der Waals surface area contributed by atoms with E-state index in [4.69, 9.17) is 9.57 Å². The Hall–Kier alpha value is -2.19. The van der Waals surface area contributed by atoms with Gasteiger partial charge in [0.25, 0.3) is 0 Å². The van der Waals surface area contributed by atoms with E-state index in [1.54, 1.807) is 7.11 Å². The molecular weight excluding hydrogens is 260 g/mol. The number of benzene rings is 1. The van der Waals surface area contributed by atoms with Gasteiger partial charge >= 0.3 is 0 Å². The first-order valence-corrected chi connectivity index (χ1v) is 6.36. The average molecular weight is 272 g/mol. The van der Waals surface area contributed by atoms with Crippen LogP contribution in [0.5, 0.6) is 5.75 Å². The second-order valence-electron chi connectivity index (χ2n) is 3.63. The van der Waals surface area contributed by atoms with Crippen LogP contribution in [0.1, 0.15) is 5.56 Å². The first-order chi connectivity index (χ1) is 9.28. The first-order valence-electron chi connectivity index (χ1n) is 5.54.